The van der Waals surface area contributed by atoms with E-state index >= 15 is 0 Å². The average Bonchev–Trinajstić information content (AvgIpc) is 3.12. The predicted octanol–water partition coefficient (Wildman–Crippen LogP) is 4.30. The van der Waals surface area contributed by atoms with Crippen molar-refractivity contribution in [1.29, 1.82) is 0 Å². The van der Waals surface area contributed by atoms with Crippen LogP contribution in [0.3, 0.4) is 0 Å². The van der Waals surface area contributed by atoms with E-state index in [1.807, 2.05) is 0 Å². The van der Waals surface area contributed by atoms with Crippen LogP contribution in [-0.2, 0) is 11.8 Å². The topological polar surface area (TPSA) is 12.0 Å². The second kappa shape index (κ2) is 6.09. The quantitative estimate of drug-likeness (QED) is 0.769. The van der Waals surface area contributed by atoms with E-state index in [0.717, 1.165) is 18.5 Å². The van der Waals surface area contributed by atoms with Crippen molar-refractivity contribution in [1.82, 2.24) is 5.32 Å². The second-order valence-corrected chi connectivity index (χ2v) is 7.16. The van der Waals surface area contributed by atoms with E-state index in [2.05, 4.69) is 57.3 Å². The third-order valence-electron chi connectivity index (χ3n) is 4.11. The molecule has 0 atom stereocenters. The number of rotatable bonds is 7. The highest BCUT2D eigenvalue weighted by molar-refractivity contribution is 5.29. The summed E-state index contributed by atoms with van der Waals surface area (Å²) in [4.78, 5) is 0. The molecule has 2 rings (SSSR count). The third-order valence-corrected chi connectivity index (χ3v) is 4.11. The first-order valence-corrected chi connectivity index (χ1v) is 7.80. The molecule has 0 bridgehead atoms. The van der Waals surface area contributed by atoms with E-state index in [0.29, 0.717) is 0 Å². The van der Waals surface area contributed by atoms with Crippen LogP contribution in [0.1, 0.15) is 58.1 Å². The van der Waals surface area contributed by atoms with E-state index in [-0.39, 0.29) is 5.41 Å². The molecule has 1 aromatic carbocycles. The summed E-state index contributed by atoms with van der Waals surface area (Å²) in [7, 11) is 0. The van der Waals surface area contributed by atoms with Gasteiger partial charge in [-0.2, -0.15) is 0 Å². The molecule has 1 heteroatoms. The highest BCUT2D eigenvalue weighted by Crippen LogP contribution is 2.28. The molecule has 1 nitrogen and oxygen atoms in total. The minimum absolute atomic E-state index is 0.273. The molecule has 0 amide bonds. The van der Waals surface area contributed by atoms with Crippen LogP contribution in [0.15, 0.2) is 24.3 Å². The second-order valence-electron chi connectivity index (χ2n) is 7.16. The zero-order valence-corrected chi connectivity index (χ0v) is 13.0. The van der Waals surface area contributed by atoms with Gasteiger partial charge in [-0.1, -0.05) is 52.0 Å². The lowest BCUT2D eigenvalue weighted by molar-refractivity contribution is 0.455. The lowest BCUT2D eigenvalue weighted by Crippen LogP contribution is -2.26. The fraction of sp³-hybridized carbons (Fsp3) is 0.667. The molecule has 0 radical (unpaired) electrons. The van der Waals surface area contributed by atoms with Gasteiger partial charge in [0.1, 0.15) is 0 Å². The predicted molar refractivity (Wildman–Crippen MR) is 83.7 cm³/mol. The first-order chi connectivity index (χ1) is 8.97. The average molecular weight is 259 g/mol. The Morgan fingerprint density at radius 2 is 2.00 bits per heavy atom. The highest BCUT2D eigenvalue weighted by Gasteiger charge is 2.24. The van der Waals surface area contributed by atoms with Crippen molar-refractivity contribution in [2.24, 2.45) is 5.92 Å². The van der Waals surface area contributed by atoms with E-state index in [4.69, 9.17) is 0 Å². The first-order valence-electron chi connectivity index (χ1n) is 7.80. The molecule has 1 N–H and O–H groups in total. The Balaban J connectivity index is 1.96. The summed E-state index contributed by atoms with van der Waals surface area (Å²) in [5.74, 6) is 0.731. The molecule has 1 saturated carbocycles. The molecule has 0 spiro atoms. The Hall–Kier alpha value is -0.820. The van der Waals surface area contributed by atoms with Crippen LogP contribution < -0.4 is 5.32 Å². The minimum atomic E-state index is 0.273. The molecular formula is C18H29N. The molecule has 0 aliphatic heterocycles. The maximum absolute atomic E-state index is 3.63. The van der Waals surface area contributed by atoms with Gasteiger partial charge in [-0.3, -0.25) is 0 Å². The standard InChI is InChI=1S/C18H29N/c1-14(2)12-15-6-5-7-16(13-15)18(3,4)10-11-19-17-8-9-17/h5-7,13-14,17,19H,8-12H2,1-4H3. The summed E-state index contributed by atoms with van der Waals surface area (Å²) in [5.41, 5.74) is 3.24. The Morgan fingerprint density at radius 3 is 2.63 bits per heavy atom. The largest absolute Gasteiger partial charge is 0.314 e. The molecule has 0 unspecified atom stereocenters. The van der Waals surface area contributed by atoms with Crippen LogP contribution in [0.2, 0.25) is 0 Å². The number of nitrogens with one attached hydrogen (secondary N) is 1. The Bertz CT molecular complexity index is 402. The fourth-order valence-corrected chi connectivity index (χ4v) is 2.61. The van der Waals surface area contributed by atoms with Gasteiger partial charge < -0.3 is 5.32 Å². The third kappa shape index (κ3) is 4.65. The normalized spacial score (nSPS) is 16.1. The summed E-state index contributed by atoms with van der Waals surface area (Å²) in [6, 6.07) is 10.0. The van der Waals surface area contributed by atoms with Gasteiger partial charge in [-0.25, -0.2) is 0 Å². The molecule has 19 heavy (non-hydrogen) atoms. The zero-order valence-electron chi connectivity index (χ0n) is 13.0. The summed E-state index contributed by atoms with van der Waals surface area (Å²) in [5, 5.41) is 3.63. The number of hydrogen-bond acceptors (Lipinski definition) is 1. The first kappa shape index (κ1) is 14.6. The van der Waals surface area contributed by atoms with Crippen LogP contribution in [0.5, 0.6) is 0 Å². The fourth-order valence-electron chi connectivity index (χ4n) is 2.61. The number of hydrogen-bond donors (Lipinski definition) is 1. The molecule has 1 aromatic rings. The highest BCUT2D eigenvalue weighted by atomic mass is 14.9. The van der Waals surface area contributed by atoms with Gasteiger partial charge in [0.15, 0.2) is 0 Å². The summed E-state index contributed by atoms with van der Waals surface area (Å²) < 4.78 is 0. The van der Waals surface area contributed by atoms with Crippen molar-refractivity contribution < 1.29 is 0 Å². The Morgan fingerprint density at radius 1 is 1.26 bits per heavy atom. The summed E-state index contributed by atoms with van der Waals surface area (Å²) in [6.45, 7) is 10.5. The molecule has 0 saturated heterocycles. The van der Waals surface area contributed by atoms with Crippen LogP contribution in [0, 0.1) is 5.92 Å². The van der Waals surface area contributed by atoms with E-state index < -0.39 is 0 Å². The van der Waals surface area contributed by atoms with Crippen molar-refractivity contribution >= 4 is 0 Å². The van der Waals surface area contributed by atoms with Gasteiger partial charge in [0.25, 0.3) is 0 Å². The summed E-state index contributed by atoms with van der Waals surface area (Å²) >= 11 is 0. The van der Waals surface area contributed by atoms with E-state index in [9.17, 15) is 0 Å². The van der Waals surface area contributed by atoms with Crippen molar-refractivity contribution in [2.45, 2.75) is 64.8 Å². The maximum atomic E-state index is 3.63. The van der Waals surface area contributed by atoms with Gasteiger partial charge in [0.05, 0.1) is 0 Å². The molecule has 0 heterocycles. The van der Waals surface area contributed by atoms with Crippen LogP contribution >= 0.6 is 0 Å². The van der Waals surface area contributed by atoms with Crippen molar-refractivity contribution in [2.75, 3.05) is 6.54 Å². The van der Waals surface area contributed by atoms with Crippen molar-refractivity contribution in [3.63, 3.8) is 0 Å². The van der Waals surface area contributed by atoms with Crippen LogP contribution in [-0.4, -0.2) is 12.6 Å². The van der Waals surface area contributed by atoms with Gasteiger partial charge in [0.2, 0.25) is 0 Å². The molecule has 1 fully saturated rings. The Labute approximate surface area is 118 Å². The minimum Gasteiger partial charge on any atom is -0.314 e. The SMILES string of the molecule is CC(C)Cc1cccc(C(C)(C)CCNC2CC2)c1. The zero-order chi connectivity index (χ0) is 13.9. The lowest BCUT2D eigenvalue weighted by atomic mass is 9.80. The Kier molecular flexibility index (Phi) is 4.67. The molecule has 1 aliphatic rings. The van der Waals surface area contributed by atoms with Gasteiger partial charge in [-0.05, 0) is 54.7 Å². The van der Waals surface area contributed by atoms with E-state index in [1.165, 1.54) is 36.8 Å². The van der Waals surface area contributed by atoms with Crippen molar-refractivity contribution in [3.8, 4) is 0 Å². The van der Waals surface area contributed by atoms with Gasteiger partial charge in [0, 0.05) is 6.04 Å². The van der Waals surface area contributed by atoms with Crippen molar-refractivity contribution in [3.05, 3.63) is 35.4 Å². The molecule has 106 valence electrons. The smallest absolute Gasteiger partial charge is 0.00682 e. The van der Waals surface area contributed by atoms with Crippen LogP contribution in [0.4, 0.5) is 0 Å². The lowest BCUT2D eigenvalue weighted by Gasteiger charge is -2.26. The van der Waals surface area contributed by atoms with E-state index in [1.54, 1.807) is 0 Å². The molecule has 0 aromatic heterocycles. The van der Waals surface area contributed by atoms with Gasteiger partial charge in [-0.15, -0.1) is 0 Å². The number of benzene rings is 1. The van der Waals surface area contributed by atoms with Crippen LogP contribution in [0.25, 0.3) is 0 Å². The molecular weight excluding hydrogens is 230 g/mol. The maximum Gasteiger partial charge on any atom is 0.00682 e. The monoisotopic (exact) mass is 259 g/mol. The van der Waals surface area contributed by atoms with Gasteiger partial charge >= 0.3 is 0 Å². The molecule has 1 aliphatic carbocycles. The summed E-state index contributed by atoms with van der Waals surface area (Å²) in [6.07, 6.45) is 5.16.